The van der Waals surface area contributed by atoms with Crippen LogP contribution in [0.2, 0.25) is 0 Å². The number of carbonyl (C=O) groups is 2. The second-order valence-corrected chi connectivity index (χ2v) is 3.48. The van der Waals surface area contributed by atoms with Gasteiger partial charge in [0.2, 0.25) is 11.8 Å². The minimum Gasteiger partial charge on any atom is -0.481 e. The molecule has 0 radical (unpaired) electrons. The summed E-state index contributed by atoms with van der Waals surface area (Å²) in [5.41, 5.74) is 0.628. The monoisotopic (exact) mass is 238 g/mol. The third kappa shape index (κ3) is 4.10. The molecule has 1 atom stereocenters. The number of aromatic nitrogens is 1. The van der Waals surface area contributed by atoms with Crippen LogP contribution in [0.1, 0.15) is 24.9 Å². The summed E-state index contributed by atoms with van der Waals surface area (Å²) in [6.07, 6.45) is 1.30. The first kappa shape index (κ1) is 13.0. The lowest BCUT2D eigenvalue weighted by Gasteiger charge is -2.15. The maximum absolute atomic E-state index is 11.0. The molecule has 0 aliphatic heterocycles. The number of amides is 1. The summed E-state index contributed by atoms with van der Waals surface area (Å²) in [4.78, 5) is 25.6. The summed E-state index contributed by atoms with van der Waals surface area (Å²) >= 11 is 0. The Labute approximate surface area is 98.6 Å². The smallest absolute Gasteiger partial charge is 0.305 e. The van der Waals surface area contributed by atoms with Crippen LogP contribution < -0.4 is 10.1 Å². The van der Waals surface area contributed by atoms with Crippen molar-refractivity contribution in [3.05, 3.63) is 23.9 Å². The number of carboxylic acid groups (broad SMARTS) is 1. The quantitative estimate of drug-likeness (QED) is 0.789. The lowest BCUT2D eigenvalue weighted by atomic mass is 10.1. The van der Waals surface area contributed by atoms with E-state index in [1.807, 2.05) is 0 Å². The van der Waals surface area contributed by atoms with E-state index < -0.39 is 12.0 Å². The summed E-state index contributed by atoms with van der Waals surface area (Å²) in [5.74, 6) is -0.836. The molecule has 0 fully saturated rings. The molecule has 1 aromatic rings. The Balaban J connectivity index is 2.86. The first-order valence-electron chi connectivity index (χ1n) is 5.01. The van der Waals surface area contributed by atoms with Crippen LogP contribution in [0.4, 0.5) is 0 Å². The minimum atomic E-state index is -0.987. The highest BCUT2D eigenvalue weighted by Crippen LogP contribution is 2.18. The molecule has 1 rings (SSSR count). The van der Waals surface area contributed by atoms with E-state index in [4.69, 9.17) is 9.84 Å². The van der Waals surface area contributed by atoms with Crippen LogP contribution in [-0.2, 0) is 9.59 Å². The average Bonchev–Trinajstić information content (AvgIpc) is 2.27. The van der Waals surface area contributed by atoms with Crippen LogP contribution >= 0.6 is 0 Å². The Kier molecular flexibility index (Phi) is 4.45. The number of hydrogen-bond donors (Lipinski definition) is 2. The highest BCUT2D eigenvalue weighted by Gasteiger charge is 2.16. The number of pyridine rings is 1. The highest BCUT2D eigenvalue weighted by molar-refractivity contribution is 5.75. The van der Waals surface area contributed by atoms with E-state index in [9.17, 15) is 9.59 Å². The van der Waals surface area contributed by atoms with E-state index in [-0.39, 0.29) is 12.3 Å². The maximum atomic E-state index is 11.0. The summed E-state index contributed by atoms with van der Waals surface area (Å²) in [5, 5.41) is 11.3. The van der Waals surface area contributed by atoms with Crippen LogP contribution in [-0.4, -0.2) is 29.1 Å². The van der Waals surface area contributed by atoms with Gasteiger partial charge in [0, 0.05) is 19.2 Å². The van der Waals surface area contributed by atoms with Gasteiger partial charge < -0.3 is 15.2 Å². The number of carbonyl (C=O) groups excluding carboxylic acids is 1. The second kappa shape index (κ2) is 5.83. The summed E-state index contributed by atoms with van der Waals surface area (Å²) < 4.78 is 4.90. The van der Waals surface area contributed by atoms with Gasteiger partial charge in [-0.1, -0.05) is 6.07 Å². The molecule has 6 nitrogen and oxygen atoms in total. The SMILES string of the molecule is COc1ccc(C(CC(=O)O)NC(C)=O)cn1. The first-order chi connectivity index (χ1) is 8.02. The number of ether oxygens (including phenoxy) is 1. The summed E-state index contributed by atoms with van der Waals surface area (Å²) in [6.45, 7) is 1.34. The van der Waals surface area contributed by atoms with Crippen LogP contribution in [0, 0.1) is 0 Å². The Morgan fingerprint density at radius 3 is 2.65 bits per heavy atom. The lowest BCUT2D eigenvalue weighted by molar-refractivity contribution is -0.137. The molecule has 1 amide bonds. The topological polar surface area (TPSA) is 88.5 Å². The molecule has 0 saturated carbocycles. The number of nitrogens with one attached hydrogen (secondary N) is 1. The van der Waals surface area contributed by atoms with Crippen molar-refractivity contribution in [1.29, 1.82) is 0 Å². The van der Waals surface area contributed by atoms with Gasteiger partial charge in [0.15, 0.2) is 0 Å². The van der Waals surface area contributed by atoms with Crippen molar-refractivity contribution in [2.24, 2.45) is 0 Å². The van der Waals surface area contributed by atoms with Crippen LogP contribution in [0.3, 0.4) is 0 Å². The number of carboxylic acids is 1. The molecule has 0 aromatic carbocycles. The molecule has 1 heterocycles. The van der Waals surface area contributed by atoms with Gasteiger partial charge in [-0.3, -0.25) is 9.59 Å². The Morgan fingerprint density at radius 1 is 1.53 bits per heavy atom. The fraction of sp³-hybridized carbons (Fsp3) is 0.364. The van der Waals surface area contributed by atoms with Crippen LogP contribution in [0.25, 0.3) is 0 Å². The van der Waals surface area contributed by atoms with Crippen molar-refractivity contribution < 1.29 is 19.4 Å². The lowest BCUT2D eigenvalue weighted by Crippen LogP contribution is -2.28. The fourth-order valence-electron chi connectivity index (χ4n) is 1.39. The molecule has 6 heteroatoms. The van der Waals surface area contributed by atoms with E-state index in [2.05, 4.69) is 10.3 Å². The van der Waals surface area contributed by atoms with Crippen molar-refractivity contribution >= 4 is 11.9 Å². The average molecular weight is 238 g/mol. The molecular weight excluding hydrogens is 224 g/mol. The predicted molar refractivity (Wildman–Crippen MR) is 59.6 cm³/mol. The van der Waals surface area contributed by atoms with Gasteiger partial charge in [0.25, 0.3) is 0 Å². The number of methoxy groups -OCH3 is 1. The minimum absolute atomic E-state index is 0.187. The van der Waals surface area contributed by atoms with Gasteiger partial charge in [-0.25, -0.2) is 4.98 Å². The number of rotatable bonds is 5. The molecule has 0 saturated heterocycles. The molecule has 92 valence electrons. The molecule has 1 unspecified atom stereocenters. The predicted octanol–water partition coefficient (Wildman–Crippen LogP) is 0.742. The van der Waals surface area contributed by atoms with E-state index in [0.717, 1.165) is 0 Å². The van der Waals surface area contributed by atoms with E-state index in [0.29, 0.717) is 11.4 Å². The zero-order chi connectivity index (χ0) is 12.8. The van der Waals surface area contributed by atoms with Gasteiger partial charge in [0.05, 0.1) is 19.6 Å². The van der Waals surface area contributed by atoms with Gasteiger partial charge in [0.1, 0.15) is 0 Å². The zero-order valence-electron chi connectivity index (χ0n) is 9.64. The third-order valence-corrected chi connectivity index (χ3v) is 2.13. The third-order valence-electron chi connectivity index (χ3n) is 2.13. The van der Waals surface area contributed by atoms with Gasteiger partial charge in [-0.2, -0.15) is 0 Å². The van der Waals surface area contributed by atoms with Crippen molar-refractivity contribution in [2.45, 2.75) is 19.4 Å². The van der Waals surface area contributed by atoms with E-state index in [1.54, 1.807) is 12.1 Å². The van der Waals surface area contributed by atoms with Gasteiger partial charge in [-0.15, -0.1) is 0 Å². The van der Waals surface area contributed by atoms with Crippen molar-refractivity contribution in [3.8, 4) is 5.88 Å². The molecule has 1 aromatic heterocycles. The van der Waals surface area contributed by atoms with Crippen LogP contribution in [0.5, 0.6) is 5.88 Å². The summed E-state index contributed by atoms with van der Waals surface area (Å²) in [6, 6.07) is 2.71. The Bertz CT molecular complexity index is 386. The normalized spacial score (nSPS) is 11.6. The summed E-state index contributed by atoms with van der Waals surface area (Å²) in [7, 11) is 1.49. The Hall–Kier alpha value is -2.11. The molecule has 0 aliphatic carbocycles. The maximum Gasteiger partial charge on any atom is 0.305 e. The Morgan fingerprint density at radius 2 is 2.24 bits per heavy atom. The van der Waals surface area contributed by atoms with Gasteiger partial charge in [-0.05, 0) is 5.56 Å². The molecule has 17 heavy (non-hydrogen) atoms. The molecular formula is C11H14N2O4. The largest absolute Gasteiger partial charge is 0.481 e. The molecule has 2 N–H and O–H groups in total. The standard InChI is InChI=1S/C11H14N2O4/c1-7(14)13-9(5-11(15)16)8-3-4-10(17-2)12-6-8/h3-4,6,9H,5H2,1-2H3,(H,13,14)(H,15,16). The molecule has 0 bridgehead atoms. The van der Waals surface area contributed by atoms with E-state index in [1.165, 1.54) is 20.2 Å². The van der Waals surface area contributed by atoms with Crippen molar-refractivity contribution in [1.82, 2.24) is 10.3 Å². The fourth-order valence-corrected chi connectivity index (χ4v) is 1.39. The number of nitrogens with zero attached hydrogens (tertiary/aromatic N) is 1. The number of hydrogen-bond acceptors (Lipinski definition) is 4. The van der Waals surface area contributed by atoms with Gasteiger partial charge >= 0.3 is 5.97 Å². The first-order valence-corrected chi connectivity index (χ1v) is 5.01. The zero-order valence-corrected chi connectivity index (χ0v) is 9.64. The second-order valence-electron chi connectivity index (χ2n) is 3.48. The highest BCUT2D eigenvalue weighted by atomic mass is 16.5. The molecule has 0 spiro atoms. The van der Waals surface area contributed by atoms with E-state index >= 15 is 0 Å². The molecule has 0 aliphatic rings. The van der Waals surface area contributed by atoms with Crippen LogP contribution in [0.15, 0.2) is 18.3 Å². The van der Waals surface area contributed by atoms with Crippen molar-refractivity contribution in [3.63, 3.8) is 0 Å². The van der Waals surface area contributed by atoms with Crippen molar-refractivity contribution in [2.75, 3.05) is 7.11 Å². The number of aliphatic carboxylic acids is 1.